The Labute approximate surface area is 136 Å². The molecule has 1 heterocycles. The molecular weight excluding hydrogens is 320 g/mol. The molecule has 0 amide bonds. The number of fused-ring (bicyclic) bond motifs is 1. The largest absolute Gasteiger partial charge is 0.459 e. The molecule has 6 heteroatoms. The van der Waals surface area contributed by atoms with E-state index >= 15 is 0 Å². The molecule has 1 aromatic heterocycles. The third kappa shape index (κ3) is 2.80. The summed E-state index contributed by atoms with van der Waals surface area (Å²) < 4.78 is 13.0. The van der Waals surface area contributed by atoms with Gasteiger partial charge in [-0.1, -0.05) is 35.7 Å². The number of hydrogen-bond donors (Lipinski definition) is 0. The number of rotatable bonds is 1. The molecule has 0 bridgehead atoms. The number of methoxy groups -OCH3 is 1. The fourth-order valence-corrected chi connectivity index (χ4v) is 2.80. The highest BCUT2D eigenvalue weighted by molar-refractivity contribution is 7.00. The van der Waals surface area contributed by atoms with Crippen molar-refractivity contribution in [1.29, 1.82) is 0 Å². The normalized spacial score (nSPS) is 10.1. The van der Waals surface area contributed by atoms with Crippen molar-refractivity contribution < 1.29 is 9.53 Å². The van der Waals surface area contributed by atoms with Crippen molar-refractivity contribution in [2.24, 2.45) is 0 Å². The zero-order valence-electron chi connectivity index (χ0n) is 11.5. The van der Waals surface area contributed by atoms with Crippen molar-refractivity contribution in [1.82, 2.24) is 8.75 Å². The van der Waals surface area contributed by atoms with Gasteiger partial charge in [0.15, 0.2) is 0 Å². The highest BCUT2D eigenvalue weighted by atomic mass is 35.5. The fraction of sp³-hybridized carbons (Fsp3) is 0.0625. The van der Waals surface area contributed by atoms with Crippen LogP contribution in [0, 0.1) is 11.8 Å². The van der Waals surface area contributed by atoms with E-state index in [0.717, 1.165) is 33.9 Å². The molecule has 0 N–H and O–H groups in total. The first-order valence-corrected chi connectivity index (χ1v) is 7.41. The minimum atomic E-state index is -0.558. The molecule has 0 saturated carbocycles. The first kappa shape index (κ1) is 14.5. The maximum atomic E-state index is 11.0. The van der Waals surface area contributed by atoms with Crippen LogP contribution in [-0.2, 0) is 9.53 Å². The lowest BCUT2D eigenvalue weighted by molar-refractivity contribution is -0.133. The number of carbonyl (C=O) groups is 1. The van der Waals surface area contributed by atoms with E-state index in [4.69, 9.17) is 11.6 Å². The summed E-state index contributed by atoms with van der Waals surface area (Å²) in [7, 11) is 1.30. The Hall–Kier alpha value is -2.42. The van der Waals surface area contributed by atoms with E-state index in [1.54, 1.807) is 0 Å². The van der Waals surface area contributed by atoms with E-state index < -0.39 is 5.97 Å². The number of hydrogen-bond acceptors (Lipinski definition) is 5. The van der Waals surface area contributed by atoms with Gasteiger partial charge in [-0.05, 0) is 23.8 Å². The average Bonchev–Trinajstić information content (AvgIpc) is 3.04. The maximum absolute atomic E-state index is 11.0. The molecule has 0 aliphatic carbocycles. The van der Waals surface area contributed by atoms with Crippen molar-refractivity contribution in [3.63, 3.8) is 0 Å². The molecule has 0 spiro atoms. The first-order chi connectivity index (χ1) is 10.7. The molecule has 0 unspecified atom stereocenters. The number of benzene rings is 2. The van der Waals surface area contributed by atoms with Gasteiger partial charge >= 0.3 is 5.97 Å². The van der Waals surface area contributed by atoms with Crippen LogP contribution in [0.15, 0.2) is 36.4 Å². The molecule has 108 valence electrons. The minimum absolute atomic E-state index is 0.558. The van der Waals surface area contributed by atoms with Crippen LogP contribution in [0.3, 0.4) is 0 Å². The van der Waals surface area contributed by atoms with Gasteiger partial charge in [-0.2, -0.15) is 8.75 Å². The molecule has 0 fully saturated rings. The molecule has 3 rings (SSSR count). The van der Waals surface area contributed by atoms with E-state index in [1.807, 2.05) is 36.4 Å². The summed E-state index contributed by atoms with van der Waals surface area (Å²) in [5.41, 5.74) is 4.17. The Balaban J connectivity index is 1.98. The van der Waals surface area contributed by atoms with E-state index in [9.17, 15) is 4.79 Å². The van der Waals surface area contributed by atoms with Crippen LogP contribution < -0.4 is 0 Å². The van der Waals surface area contributed by atoms with Gasteiger partial charge in [-0.25, -0.2) is 4.79 Å². The number of nitrogens with zero attached hydrogens (tertiary/aromatic N) is 2. The van der Waals surface area contributed by atoms with Crippen LogP contribution in [0.4, 0.5) is 0 Å². The second-order valence-corrected chi connectivity index (χ2v) is 5.31. The zero-order valence-corrected chi connectivity index (χ0v) is 13.0. The summed E-state index contributed by atoms with van der Waals surface area (Å²) >= 11 is 7.24. The topological polar surface area (TPSA) is 52.1 Å². The van der Waals surface area contributed by atoms with E-state index in [0.29, 0.717) is 10.5 Å². The lowest BCUT2D eigenvalue weighted by atomic mass is 10.0. The van der Waals surface area contributed by atoms with Crippen LogP contribution in [-0.4, -0.2) is 21.8 Å². The Kier molecular flexibility index (Phi) is 4.05. The van der Waals surface area contributed by atoms with Gasteiger partial charge < -0.3 is 4.74 Å². The molecule has 0 aliphatic rings. The maximum Gasteiger partial charge on any atom is 0.384 e. The smallest absolute Gasteiger partial charge is 0.384 e. The van der Waals surface area contributed by atoms with Crippen LogP contribution >= 0.6 is 23.3 Å². The Morgan fingerprint density at radius 2 is 1.86 bits per heavy atom. The van der Waals surface area contributed by atoms with Gasteiger partial charge in [0.05, 0.1) is 23.9 Å². The summed E-state index contributed by atoms with van der Waals surface area (Å²) in [6, 6.07) is 11.2. The van der Waals surface area contributed by atoms with Gasteiger partial charge in [0.25, 0.3) is 0 Å². The third-order valence-electron chi connectivity index (χ3n) is 3.06. The van der Waals surface area contributed by atoms with E-state index in [-0.39, 0.29) is 0 Å². The van der Waals surface area contributed by atoms with Crippen LogP contribution in [0.5, 0.6) is 0 Å². The summed E-state index contributed by atoms with van der Waals surface area (Å²) in [5.74, 6) is 4.58. The Bertz CT molecular complexity index is 907. The monoisotopic (exact) mass is 328 g/mol. The number of aromatic nitrogens is 2. The van der Waals surface area contributed by atoms with Gasteiger partial charge in [0, 0.05) is 17.0 Å². The fourth-order valence-electron chi connectivity index (χ4n) is 1.98. The number of esters is 1. The molecule has 0 saturated heterocycles. The standard InChI is InChI=1S/C16H9ClN2O2S/c1-21-14(20)9-4-10-2-5-11(6-3-10)12-7-8-13(17)16-15(12)18-22-19-16/h2-3,5-8H,1H3. The third-order valence-corrected chi connectivity index (χ3v) is 3.89. The van der Waals surface area contributed by atoms with Crippen LogP contribution in [0.25, 0.3) is 22.2 Å². The molecular formula is C16H9ClN2O2S. The van der Waals surface area contributed by atoms with Crippen molar-refractivity contribution in [3.8, 4) is 23.0 Å². The number of halogens is 1. The van der Waals surface area contributed by atoms with Crippen molar-refractivity contribution in [2.75, 3.05) is 7.11 Å². The van der Waals surface area contributed by atoms with Gasteiger partial charge in [0.2, 0.25) is 0 Å². The van der Waals surface area contributed by atoms with Gasteiger partial charge in [-0.3, -0.25) is 0 Å². The predicted molar refractivity (Wildman–Crippen MR) is 86.8 cm³/mol. The van der Waals surface area contributed by atoms with E-state index in [1.165, 1.54) is 7.11 Å². The molecule has 0 radical (unpaired) electrons. The SMILES string of the molecule is COC(=O)C#Cc1ccc(-c2ccc(Cl)c3nsnc23)cc1. The zero-order chi connectivity index (χ0) is 15.5. The highest BCUT2D eigenvalue weighted by Gasteiger charge is 2.10. The summed E-state index contributed by atoms with van der Waals surface area (Å²) in [5, 5.41) is 0.591. The summed E-state index contributed by atoms with van der Waals surface area (Å²) in [6.07, 6.45) is 0. The Morgan fingerprint density at radius 3 is 2.59 bits per heavy atom. The quantitative estimate of drug-likeness (QED) is 0.506. The minimum Gasteiger partial charge on any atom is -0.459 e. The molecule has 4 nitrogen and oxygen atoms in total. The summed E-state index contributed by atoms with van der Waals surface area (Å²) in [6.45, 7) is 0. The van der Waals surface area contributed by atoms with Gasteiger partial charge in [0.1, 0.15) is 11.0 Å². The lowest BCUT2D eigenvalue weighted by Crippen LogP contribution is -1.94. The summed E-state index contributed by atoms with van der Waals surface area (Å²) in [4.78, 5) is 11.0. The predicted octanol–water partition coefficient (Wildman–Crippen LogP) is 3.54. The molecule has 0 aliphatic heterocycles. The number of carbonyl (C=O) groups excluding carboxylic acids is 1. The second kappa shape index (κ2) is 6.14. The second-order valence-electron chi connectivity index (χ2n) is 4.38. The molecule has 2 aromatic carbocycles. The average molecular weight is 329 g/mol. The van der Waals surface area contributed by atoms with E-state index in [2.05, 4.69) is 25.3 Å². The highest BCUT2D eigenvalue weighted by Crippen LogP contribution is 2.31. The lowest BCUT2D eigenvalue weighted by Gasteiger charge is -2.03. The molecule has 3 aromatic rings. The van der Waals surface area contributed by atoms with Crippen LogP contribution in [0.2, 0.25) is 5.02 Å². The van der Waals surface area contributed by atoms with Crippen molar-refractivity contribution in [3.05, 3.63) is 47.0 Å². The number of ether oxygens (including phenoxy) is 1. The first-order valence-electron chi connectivity index (χ1n) is 6.30. The van der Waals surface area contributed by atoms with Gasteiger partial charge in [-0.15, -0.1) is 0 Å². The van der Waals surface area contributed by atoms with Crippen LogP contribution in [0.1, 0.15) is 5.56 Å². The molecule has 0 atom stereocenters. The van der Waals surface area contributed by atoms with Crippen molar-refractivity contribution in [2.45, 2.75) is 0 Å². The van der Waals surface area contributed by atoms with Crippen molar-refractivity contribution >= 4 is 40.3 Å². The Morgan fingerprint density at radius 1 is 1.14 bits per heavy atom. The molecule has 22 heavy (non-hydrogen) atoms.